The standard InChI is InChI=1S/C34H45N3O6/c1-23-12-7-4-3-5-10-15-26-19-34(26,20-30(39)29-18-27(43-24(2)38)22-37(29)32(23)41)33(42)36-17-11-16-28(36)31(40)35-21-25-13-8-6-9-14-25/h6,8-10,13-15,23,26-29H,3-5,7,11-12,16-22H2,1-2H3,(H,35,40)/b15-10-/t23-,26+,27+,28-,29-,34+/m0/s1. The van der Waals surface area contributed by atoms with Gasteiger partial charge in [-0.15, -0.1) is 0 Å². The van der Waals surface area contributed by atoms with Gasteiger partial charge in [0.25, 0.3) is 0 Å². The number of amides is 3. The number of ether oxygens (including phenoxy) is 1. The Morgan fingerprint density at radius 2 is 1.84 bits per heavy atom. The summed E-state index contributed by atoms with van der Waals surface area (Å²) in [5.74, 6) is -1.34. The topological polar surface area (TPSA) is 113 Å². The van der Waals surface area contributed by atoms with E-state index in [9.17, 15) is 24.0 Å². The minimum atomic E-state index is -0.921. The third-order valence-corrected chi connectivity index (χ3v) is 9.72. The molecule has 3 heterocycles. The molecule has 232 valence electrons. The van der Waals surface area contributed by atoms with E-state index < -0.39 is 29.6 Å². The first-order valence-corrected chi connectivity index (χ1v) is 16.0. The number of esters is 1. The van der Waals surface area contributed by atoms with Gasteiger partial charge < -0.3 is 19.9 Å². The number of allylic oxidation sites excluding steroid dienone is 2. The van der Waals surface area contributed by atoms with Crippen molar-refractivity contribution in [2.45, 2.75) is 103 Å². The molecule has 1 saturated carbocycles. The summed E-state index contributed by atoms with van der Waals surface area (Å²) in [6.45, 7) is 4.30. The fraction of sp³-hybridized carbons (Fsp3) is 0.618. The smallest absolute Gasteiger partial charge is 0.302 e. The highest BCUT2D eigenvalue weighted by atomic mass is 16.5. The van der Waals surface area contributed by atoms with Crippen molar-refractivity contribution in [2.24, 2.45) is 17.3 Å². The highest BCUT2D eigenvalue weighted by Gasteiger charge is 2.62. The molecule has 0 bridgehead atoms. The maximum atomic E-state index is 14.3. The van der Waals surface area contributed by atoms with E-state index in [1.54, 1.807) is 9.80 Å². The Bertz CT molecular complexity index is 1250. The van der Waals surface area contributed by atoms with Crippen LogP contribution < -0.4 is 5.32 Å². The van der Waals surface area contributed by atoms with Crippen molar-refractivity contribution in [1.29, 1.82) is 0 Å². The summed E-state index contributed by atoms with van der Waals surface area (Å²) in [4.78, 5) is 70.2. The largest absolute Gasteiger partial charge is 0.461 e. The van der Waals surface area contributed by atoms with Crippen LogP contribution in [0.5, 0.6) is 0 Å². The number of ketones is 1. The van der Waals surface area contributed by atoms with Gasteiger partial charge in [0, 0.05) is 38.8 Å². The molecule has 3 fully saturated rings. The number of fused-ring (bicyclic) bond motifs is 2. The molecule has 0 radical (unpaired) electrons. The highest BCUT2D eigenvalue weighted by Crippen LogP contribution is 2.58. The first-order valence-electron chi connectivity index (χ1n) is 16.0. The van der Waals surface area contributed by atoms with Gasteiger partial charge in [-0.25, -0.2) is 0 Å². The zero-order valence-corrected chi connectivity index (χ0v) is 25.5. The summed E-state index contributed by atoms with van der Waals surface area (Å²) < 4.78 is 5.46. The zero-order valence-electron chi connectivity index (χ0n) is 25.5. The molecular weight excluding hydrogens is 546 g/mol. The second-order valence-electron chi connectivity index (χ2n) is 12.9. The van der Waals surface area contributed by atoms with Gasteiger partial charge in [0.2, 0.25) is 17.7 Å². The van der Waals surface area contributed by atoms with Crippen molar-refractivity contribution in [3.63, 3.8) is 0 Å². The van der Waals surface area contributed by atoms with Crippen molar-refractivity contribution >= 4 is 29.5 Å². The van der Waals surface area contributed by atoms with Crippen LogP contribution in [-0.2, 0) is 35.3 Å². The maximum Gasteiger partial charge on any atom is 0.302 e. The monoisotopic (exact) mass is 591 g/mol. The second kappa shape index (κ2) is 13.4. The fourth-order valence-electron chi connectivity index (χ4n) is 7.23. The molecule has 1 aliphatic carbocycles. The number of rotatable bonds is 5. The minimum absolute atomic E-state index is 0.00527. The van der Waals surface area contributed by atoms with E-state index >= 15 is 0 Å². The van der Waals surface area contributed by atoms with Crippen LogP contribution in [0.1, 0.15) is 83.6 Å². The number of benzene rings is 1. The molecule has 3 amide bonds. The van der Waals surface area contributed by atoms with E-state index in [2.05, 4.69) is 17.5 Å². The lowest BCUT2D eigenvalue weighted by molar-refractivity contribution is -0.147. The van der Waals surface area contributed by atoms with E-state index in [4.69, 9.17) is 4.74 Å². The summed E-state index contributed by atoms with van der Waals surface area (Å²) >= 11 is 0. The number of carbonyl (C=O) groups is 5. The van der Waals surface area contributed by atoms with Crippen LogP contribution in [-0.4, -0.2) is 70.6 Å². The summed E-state index contributed by atoms with van der Waals surface area (Å²) in [7, 11) is 0. The molecule has 9 heteroatoms. The van der Waals surface area contributed by atoms with Crippen molar-refractivity contribution in [1.82, 2.24) is 15.1 Å². The molecule has 1 N–H and O–H groups in total. The second-order valence-corrected chi connectivity index (χ2v) is 12.9. The average Bonchev–Trinajstić information content (AvgIpc) is 3.30. The minimum Gasteiger partial charge on any atom is -0.461 e. The molecule has 1 aromatic carbocycles. The SMILES string of the molecule is CC(=O)O[C@@H]1C[C@H]2C(=O)C[C@]3(C(=O)N4CCC[C@H]4C(=O)NCc4ccccc4)C[C@H]3/C=C\CCCCC[C@H](C)C(=O)N2C1. The molecule has 0 unspecified atom stereocenters. The van der Waals surface area contributed by atoms with Crippen LogP contribution in [0.4, 0.5) is 0 Å². The number of nitrogens with one attached hydrogen (secondary N) is 1. The molecule has 6 atom stereocenters. The van der Waals surface area contributed by atoms with Gasteiger partial charge in [-0.3, -0.25) is 24.0 Å². The van der Waals surface area contributed by atoms with Crippen LogP contribution in [0.3, 0.4) is 0 Å². The first-order chi connectivity index (χ1) is 20.7. The Morgan fingerprint density at radius 1 is 1.05 bits per heavy atom. The maximum absolute atomic E-state index is 14.3. The van der Waals surface area contributed by atoms with E-state index in [0.29, 0.717) is 25.9 Å². The Morgan fingerprint density at radius 3 is 2.60 bits per heavy atom. The average molecular weight is 592 g/mol. The van der Waals surface area contributed by atoms with Gasteiger partial charge in [0.05, 0.1) is 18.0 Å². The molecule has 43 heavy (non-hydrogen) atoms. The van der Waals surface area contributed by atoms with Gasteiger partial charge in [-0.1, -0.05) is 62.2 Å². The number of hydrogen-bond acceptors (Lipinski definition) is 6. The first kappa shape index (κ1) is 31.0. The molecular formula is C34H45N3O6. The summed E-state index contributed by atoms with van der Waals surface area (Å²) in [5, 5.41) is 3.00. The van der Waals surface area contributed by atoms with Crippen LogP contribution in [0, 0.1) is 17.3 Å². The third kappa shape index (κ3) is 7.02. The molecule has 2 saturated heterocycles. The summed E-state index contributed by atoms with van der Waals surface area (Å²) in [5.41, 5.74) is 0.0674. The Kier molecular flexibility index (Phi) is 9.67. The molecule has 5 rings (SSSR count). The van der Waals surface area contributed by atoms with Gasteiger partial charge in [-0.2, -0.15) is 0 Å². The van der Waals surface area contributed by atoms with Crippen molar-refractivity contribution in [3.05, 3.63) is 48.0 Å². The lowest BCUT2D eigenvalue weighted by atomic mass is 9.90. The molecule has 3 aliphatic heterocycles. The van der Waals surface area contributed by atoms with Gasteiger partial charge in [0.15, 0.2) is 5.78 Å². The van der Waals surface area contributed by atoms with Crippen LogP contribution in [0.25, 0.3) is 0 Å². The fourth-order valence-corrected chi connectivity index (χ4v) is 7.23. The van der Waals surface area contributed by atoms with Gasteiger partial charge >= 0.3 is 5.97 Å². The van der Waals surface area contributed by atoms with Crippen molar-refractivity contribution in [2.75, 3.05) is 13.1 Å². The highest BCUT2D eigenvalue weighted by molar-refractivity contribution is 5.98. The third-order valence-electron chi connectivity index (χ3n) is 9.72. The van der Waals surface area contributed by atoms with Crippen molar-refractivity contribution in [3.8, 4) is 0 Å². The zero-order chi connectivity index (χ0) is 30.6. The number of nitrogens with zero attached hydrogens (tertiary/aromatic N) is 2. The lowest BCUT2D eigenvalue weighted by Gasteiger charge is -2.31. The Hall–Kier alpha value is -3.49. The normalized spacial score (nSPS) is 32.2. The number of likely N-dealkylation sites (tertiary alicyclic amines) is 1. The molecule has 9 nitrogen and oxygen atoms in total. The van der Waals surface area contributed by atoms with Crippen molar-refractivity contribution < 1.29 is 28.7 Å². The van der Waals surface area contributed by atoms with Crippen LogP contribution >= 0.6 is 0 Å². The van der Waals surface area contributed by atoms with Crippen LogP contribution in [0.15, 0.2) is 42.5 Å². The summed E-state index contributed by atoms with van der Waals surface area (Å²) in [6, 6.07) is 8.37. The molecule has 0 spiro atoms. The predicted molar refractivity (Wildman–Crippen MR) is 160 cm³/mol. The molecule has 0 aromatic heterocycles. The lowest BCUT2D eigenvalue weighted by Crippen LogP contribution is -2.50. The number of Topliss-reactive ketones (excluding diaryl/α,β-unsaturated/α-hetero) is 1. The van der Waals surface area contributed by atoms with E-state index in [1.165, 1.54) is 6.92 Å². The Balaban J connectivity index is 1.36. The summed E-state index contributed by atoms with van der Waals surface area (Å²) in [6.07, 6.45) is 10.4. The quantitative estimate of drug-likeness (QED) is 0.410. The van der Waals surface area contributed by atoms with Gasteiger partial charge in [-0.05, 0) is 50.0 Å². The van der Waals surface area contributed by atoms with Crippen LogP contribution in [0.2, 0.25) is 0 Å². The van der Waals surface area contributed by atoms with Gasteiger partial charge in [0.1, 0.15) is 12.1 Å². The van der Waals surface area contributed by atoms with E-state index in [0.717, 1.165) is 44.1 Å². The number of hydrogen-bond donors (Lipinski definition) is 1. The van der Waals surface area contributed by atoms with E-state index in [-0.39, 0.29) is 54.7 Å². The predicted octanol–water partition coefficient (Wildman–Crippen LogP) is 3.95. The Labute approximate surface area is 254 Å². The molecule has 4 aliphatic rings. The molecule has 1 aromatic rings. The number of carbonyl (C=O) groups excluding carboxylic acids is 5. The van der Waals surface area contributed by atoms with E-state index in [1.807, 2.05) is 37.3 Å².